The Morgan fingerprint density at radius 2 is 0.703 bits per heavy atom. The van der Waals surface area contributed by atoms with Gasteiger partial charge in [0.2, 0.25) is 0 Å². The van der Waals surface area contributed by atoms with Crippen molar-refractivity contribution in [3.63, 3.8) is 0 Å². The Labute approximate surface area is 394 Å². The van der Waals surface area contributed by atoms with Gasteiger partial charge >= 0.3 is 11.9 Å². The van der Waals surface area contributed by atoms with Crippen molar-refractivity contribution in [2.45, 2.75) is 276 Å². The molecule has 8 heteroatoms. The molecule has 0 spiro atoms. The Bertz CT molecular complexity index is 1400. The van der Waals surface area contributed by atoms with Gasteiger partial charge in [-0.15, -0.1) is 0 Å². The molecule has 0 heterocycles. The first kappa shape index (κ1) is 59.6. The van der Waals surface area contributed by atoms with E-state index in [9.17, 15) is 22.6 Å². The number of hydrogen-bond donors (Lipinski definition) is 1. The van der Waals surface area contributed by atoms with Crippen LogP contribution in [-0.2, 0) is 19.6 Å². The molecular formula is C56H98O7S. The SMILES string of the molecule is CCCCCCCCCC/C=C/CCCCCCCCCCCCOC(=O)c1cccc(S(=O)(=O)O)c1C(=O)OCCCCCCCCCCCC/C=C/CCCCCCCCCC. The van der Waals surface area contributed by atoms with E-state index >= 15 is 0 Å². The summed E-state index contributed by atoms with van der Waals surface area (Å²) in [6.07, 6.45) is 59.2. The predicted molar refractivity (Wildman–Crippen MR) is 271 cm³/mol. The van der Waals surface area contributed by atoms with Crippen LogP contribution in [0.2, 0.25) is 0 Å². The average molecular weight is 915 g/mol. The summed E-state index contributed by atoms with van der Waals surface area (Å²) in [5, 5.41) is 0. The van der Waals surface area contributed by atoms with Crippen LogP contribution in [0.5, 0.6) is 0 Å². The number of unbranched alkanes of at least 4 members (excludes halogenated alkanes) is 36. The molecule has 0 aliphatic heterocycles. The van der Waals surface area contributed by atoms with Gasteiger partial charge in [-0.05, 0) is 76.3 Å². The highest BCUT2D eigenvalue weighted by Gasteiger charge is 2.28. The molecule has 0 fully saturated rings. The van der Waals surface area contributed by atoms with Gasteiger partial charge in [0.1, 0.15) is 4.90 Å². The van der Waals surface area contributed by atoms with E-state index in [2.05, 4.69) is 38.2 Å². The number of carbonyl (C=O) groups is 2. The Kier molecular flexibility index (Phi) is 41.3. The van der Waals surface area contributed by atoms with Crippen LogP contribution in [0.4, 0.5) is 0 Å². The molecule has 0 aliphatic rings. The van der Waals surface area contributed by atoms with Gasteiger partial charge < -0.3 is 9.47 Å². The van der Waals surface area contributed by atoms with Crippen molar-refractivity contribution in [1.82, 2.24) is 0 Å². The Balaban J connectivity index is 2.12. The number of benzene rings is 1. The van der Waals surface area contributed by atoms with Crippen LogP contribution < -0.4 is 0 Å². The molecule has 370 valence electrons. The topological polar surface area (TPSA) is 107 Å². The van der Waals surface area contributed by atoms with E-state index in [0.717, 1.165) is 44.6 Å². The minimum absolute atomic E-state index is 0.109. The average Bonchev–Trinajstić information content (AvgIpc) is 3.28. The molecule has 0 bridgehead atoms. The second-order valence-corrected chi connectivity index (χ2v) is 19.9. The summed E-state index contributed by atoms with van der Waals surface area (Å²) in [5.74, 6) is -1.74. The fourth-order valence-corrected chi connectivity index (χ4v) is 9.13. The summed E-state index contributed by atoms with van der Waals surface area (Å²) < 4.78 is 45.1. The minimum Gasteiger partial charge on any atom is -0.462 e. The maximum absolute atomic E-state index is 13.1. The second kappa shape index (κ2) is 44.4. The first-order valence-corrected chi connectivity index (χ1v) is 28.5. The molecule has 1 aromatic rings. The van der Waals surface area contributed by atoms with Crippen molar-refractivity contribution in [2.24, 2.45) is 0 Å². The van der Waals surface area contributed by atoms with E-state index in [-0.39, 0.29) is 18.8 Å². The standard InChI is InChI=1S/C56H98O7S/c1-3-5-7-9-11-13-15-17-19-21-23-25-27-29-31-33-35-37-39-41-43-45-50-62-55(57)52-48-47-49-53(64(59,60)61)54(52)56(58)63-51-46-44-42-40-38-36-34-32-30-28-26-24-22-20-18-16-14-12-10-8-6-4-2/h21-24,47-49H,3-20,25-46,50-51H2,1-2H3,(H,59,60,61)/b23-21+,24-22+. The van der Waals surface area contributed by atoms with Crippen LogP contribution in [0.15, 0.2) is 47.4 Å². The molecule has 0 amide bonds. The molecule has 0 atom stereocenters. The van der Waals surface area contributed by atoms with Gasteiger partial charge in [0.05, 0.1) is 24.3 Å². The van der Waals surface area contributed by atoms with Crippen LogP contribution in [-0.4, -0.2) is 38.1 Å². The molecule has 1 rings (SSSR count). The Hall–Kier alpha value is -2.45. The van der Waals surface area contributed by atoms with Crippen molar-refractivity contribution in [2.75, 3.05) is 13.2 Å². The fourth-order valence-electron chi connectivity index (χ4n) is 8.43. The third-order valence-electron chi connectivity index (χ3n) is 12.5. The van der Waals surface area contributed by atoms with Gasteiger partial charge in [0, 0.05) is 0 Å². The first-order valence-electron chi connectivity index (χ1n) is 27.1. The zero-order chi connectivity index (χ0) is 46.4. The second-order valence-electron chi connectivity index (χ2n) is 18.5. The molecule has 0 aliphatic carbocycles. The van der Waals surface area contributed by atoms with Gasteiger partial charge in [-0.2, -0.15) is 8.42 Å². The Morgan fingerprint density at radius 1 is 0.422 bits per heavy atom. The largest absolute Gasteiger partial charge is 0.462 e. The van der Waals surface area contributed by atoms with Crippen molar-refractivity contribution < 1.29 is 32.0 Å². The van der Waals surface area contributed by atoms with E-state index in [1.165, 1.54) is 218 Å². The monoisotopic (exact) mass is 915 g/mol. The lowest BCUT2D eigenvalue weighted by atomic mass is 10.1. The molecule has 1 N–H and O–H groups in total. The van der Waals surface area contributed by atoms with E-state index in [4.69, 9.17) is 9.47 Å². The van der Waals surface area contributed by atoms with Gasteiger partial charge in [-0.1, -0.05) is 237 Å². The van der Waals surface area contributed by atoms with Crippen LogP contribution in [0.25, 0.3) is 0 Å². The highest BCUT2D eigenvalue weighted by Crippen LogP contribution is 2.23. The van der Waals surface area contributed by atoms with E-state index in [1.54, 1.807) is 0 Å². The summed E-state index contributed by atoms with van der Waals surface area (Å²) in [5.41, 5.74) is -0.670. The Morgan fingerprint density at radius 3 is 1.02 bits per heavy atom. The number of ether oxygens (including phenoxy) is 2. The normalized spacial score (nSPS) is 11.9. The van der Waals surface area contributed by atoms with Crippen molar-refractivity contribution >= 4 is 22.1 Å². The maximum Gasteiger partial charge on any atom is 0.340 e. The molecule has 1 aromatic carbocycles. The van der Waals surface area contributed by atoms with E-state index in [1.807, 2.05) is 0 Å². The molecule has 0 saturated heterocycles. The lowest BCUT2D eigenvalue weighted by Gasteiger charge is -2.13. The summed E-state index contributed by atoms with van der Waals surface area (Å²) in [4.78, 5) is 25.5. The summed E-state index contributed by atoms with van der Waals surface area (Å²) >= 11 is 0. The number of hydrogen-bond acceptors (Lipinski definition) is 6. The molecule has 0 unspecified atom stereocenters. The number of carbonyl (C=O) groups excluding carboxylic acids is 2. The van der Waals surface area contributed by atoms with Gasteiger partial charge in [-0.3, -0.25) is 4.55 Å². The molecule has 0 aromatic heterocycles. The van der Waals surface area contributed by atoms with Gasteiger partial charge in [-0.25, -0.2) is 9.59 Å². The summed E-state index contributed by atoms with van der Waals surface area (Å²) in [7, 11) is -4.77. The summed E-state index contributed by atoms with van der Waals surface area (Å²) in [6.45, 7) is 4.83. The third kappa shape index (κ3) is 35.8. The lowest BCUT2D eigenvalue weighted by Crippen LogP contribution is -2.19. The molecular weight excluding hydrogens is 817 g/mol. The minimum atomic E-state index is -4.77. The molecule has 64 heavy (non-hydrogen) atoms. The van der Waals surface area contributed by atoms with Crippen LogP contribution in [0.3, 0.4) is 0 Å². The highest BCUT2D eigenvalue weighted by molar-refractivity contribution is 7.86. The lowest BCUT2D eigenvalue weighted by molar-refractivity contribution is 0.0446. The fraction of sp³-hybridized carbons (Fsp3) is 0.786. The highest BCUT2D eigenvalue weighted by atomic mass is 32.2. The predicted octanol–water partition coefficient (Wildman–Crippen LogP) is 18.0. The van der Waals surface area contributed by atoms with Gasteiger partial charge in [0.15, 0.2) is 0 Å². The number of esters is 2. The summed E-state index contributed by atoms with van der Waals surface area (Å²) in [6, 6.07) is 3.78. The molecule has 0 saturated carbocycles. The van der Waals surface area contributed by atoms with Crippen molar-refractivity contribution in [3.05, 3.63) is 53.6 Å². The molecule has 7 nitrogen and oxygen atoms in total. The van der Waals surface area contributed by atoms with Crippen LogP contribution in [0.1, 0.15) is 291 Å². The number of allylic oxidation sites excluding steroid dienone is 4. The maximum atomic E-state index is 13.1. The smallest absolute Gasteiger partial charge is 0.340 e. The van der Waals surface area contributed by atoms with Crippen molar-refractivity contribution in [3.8, 4) is 0 Å². The third-order valence-corrected chi connectivity index (χ3v) is 13.4. The van der Waals surface area contributed by atoms with Gasteiger partial charge in [0.25, 0.3) is 10.1 Å². The van der Waals surface area contributed by atoms with Crippen LogP contribution >= 0.6 is 0 Å². The van der Waals surface area contributed by atoms with Crippen LogP contribution in [0, 0.1) is 0 Å². The van der Waals surface area contributed by atoms with E-state index < -0.39 is 32.5 Å². The number of rotatable bonds is 47. The first-order chi connectivity index (χ1) is 31.3. The van der Waals surface area contributed by atoms with E-state index in [0.29, 0.717) is 12.8 Å². The zero-order valence-corrected chi connectivity index (χ0v) is 42.4. The quantitative estimate of drug-likeness (QED) is 0.0300. The zero-order valence-electron chi connectivity index (χ0n) is 41.5. The van der Waals surface area contributed by atoms with Crippen molar-refractivity contribution in [1.29, 1.82) is 0 Å². The molecule has 0 radical (unpaired) electrons.